The Morgan fingerprint density at radius 2 is 1.56 bits per heavy atom. The number of carbonyl (C=O) groups excluding carboxylic acids is 3. The summed E-state index contributed by atoms with van der Waals surface area (Å²) >= 11 is 5.97. The topological polar surface area (TPSA) is 93.7 Å². The maximum Gasteiger partial charge on any atom is 0.513 e. The van der Waals surface area contributed by atoms with Crippen LogP contribution in [-0.4, -0.2) is 24.6 Å². The van der Waals surface area contributed by atoms with Gasteiger partial charge in [-0.25, -0.2) is 4.79 Å². The molecule has 0 unspecified atom stereocenters. The van der Waals surface area contributed by atoms with Crippen molar-refractivity contribution in [3.63, 3.8) is 0 Å². The minimum absolute atomic E-state index is 0.144. The van der Waals surface area contributed by atoms with Gasteiger partial charge in [-0.15, -0.1) is 0 Å². The van der Waals surface area contributed by atoms with Gasteiger partial charge in [-0.2, -0.15) is 0 Å². The van der Waals surface area contributed by atoms with E-state index in [1.54, 1.807) is 49.4 Å². The molecule has 0 spiro atoms. The van der Waals surface area contributed by atoms with Crippen molar-refractivity contribution in [2.24, 2.45) is 0 Å². The van der Waals surface area contributed by atoms with Crippen LogP contribution in [0.25, 0.3) is 0 Å². The molecule has 0 fully saturated rings. The zero-order valence-electron chi connectivity index (χ0n) is 17.3. The van der Waals surface area contributed by atoms with Crippen molar-refractivity contribution in [1.29, 1.82) is 0 Å². The number of carbonyl (C=O) groups is 3. The third-order valence-corrected chi connectivity index (χ3v) is 4.52. The van der Waals surface area contributed by atoms with E-state index in [0.717, 1.165) is 5.56 Å². The summed E-state index contributed by atoms with van der Waals surface area (Å²) < 4.78 is 9.69. The quantitative estimate of drug-likeness (QED) is 0.374. The van der Waals surface area contributed by atoms with Crippen LogP contribution in [0.15, 0.2) is 72.8 Å². The normalized spacial score (nSPS) is 10.2. The second kappa shape index (κ2) is 11.0. The van der Waals surface area contributed by atoms with Crippen LogP contribution in [0.1, 0.15) is 22.8 Å². The molecular weight excluding hydrogens is 432 g/mol. The van der Waals surface area contributed by atoms with E-state index in [1.165, 1.54) is 24.3 Å². The van der Waals surface area contributed by atoms with Gasteiger partial charge in [-0.05, 0) is 61.0 Å². The minimum Gasteiger partial charge on any atom is -0.434 e. The largest absolute Gasteiger partial charge is 0.513 e. The number of amides is 2. The van der Waals surface area contributed by atoms with Gasteiger partial charge in [0.05, 0.1) is 24.4 Å². The molecule has 0 radical (unpaired) electrons. The van der Waals surface area contributed by atoms with Crippen molar-refractivity contribution < 1.29 is 23.9 Å². The van der Waals surface area contributed by atoms with Crippen molar-refractivity contribution in [2.75, 3.05) is 17.2 Å². The van der Waals surface area contributed by atoms with Crippen molar-refractivity contribution >= 4 is 40.9 Å². The molecule has 8 heteroatoms. The molecule has 2 N–H and O–H groups in total. The minimum atomic E-state index is -0.813. The Hall–Kier alpha value is -3.84. The maximum atomic E-state index is 12.6. The summed E-state index contributed by atoms with van der Waals surface area (Å²) in [5, 5.41) is 6.15. The summed E-state index contributed by atoms with van der Waals surface area (Å²) in [5.74, 6) is -0.368. The van der Waals surface area contributed by atoms with E-state index < -0.39 is 6.16 Å². The van der Waals surface area contributed by atoms with Crippen LogP contribution in [0.2, 0.25) is 5.02 Å². The van der Waals surface area contributed by atoms with Gasteiger partial charge < -0.3 is 20.1 Å². The molecule has 0 bridgehead atoms. The van der Waals surface area contributed by atoms with Crippen LogP contribution >= 0.6 is 11.6 Å². The molecule has 0 atom stereocenters. The zero-order valence-corrected chi connectivity index (χ0v) is 18.0. The Kier molecular flexibility index (Phi) is 7.83. The number of anilines is 2. The van der Waals surface area contributed by atoms with Crippen molar-refractivity contribution in [3.05, 3.63) is 88.9 Å². The Labute approximate surface area is 190 Å². The van der Waals surface area contributed by atoms with Gasteiger partial charge in [0.2, 0.25) is 5.91 Å². The van der Waals surface area contributed by atoms with Crippen molar-refractivity contribution in [1.82, 2.24) is 0 Å². The molecule has 3 rings (SSSR count). The molecule has 3 aromatic carbocycles. The molecule has 0 heterocycles. The van der Waals surface area contributed by atoms with E-state index in [-0.39, 0.29) is 30.6 Å². The summed E-state index contributed by atoms with van der Waals surface area (Å²) in [5.41, 5.74) is 2.04. The zero-order chi connectivity index (χ0) is 22.9. The molecule has 32 heavy (non-hydrogen) atoms. The molecule has 164 valence electrons. The van der Waals surface area contributed by atoms with Crippen LogP contribution in [0.3, 0.4) is 0 Å². The fraction of sp³-hybridized carbons (Fsp3) is 0.125. The first-order valence-corrected chi connectivity index (χ1v) is 10.2. The van der Waals surface area contributed by atoms with Gasteiger partial charge in [-0.1, -0.05) is 35.9 Å². The van der Waals surface area contributed by atoms with E-state index in [0.29, 0.717) is 22.0 Å². The number of rotatable bonds is 7. The van der Waals surface area contributed by atoms with Gasteiger partial charge in [0, 0.05) is 10.6 Å². The summed E-state index contributed by atoms with van der Waals surface area (Å²) in [4.78, 5) is 36.5. The summed E-state index contributed by atoms with van der Waals surface area (Å²) in [6, 6.07) is 20.0. The first-order chi connectivity index (χ1) is 15.4. The molecule has 7 nitrogen and oxygen atoms in total. The van der Waals surface area contributed by atoms with Crippen molar-refractivity contribution in [2.45, 2.75) is 13.3 Å². The first-order valence-electron chi connectivity index (χ1n) is 9.84. The molecule has 0 saturated heterocycles. The Bertz CT molecular complexity index is 1120. The second-order valence-corrected chi connectivity index (χ2v) is 7.10. The Balaban J connectivity index is 1.64. The van der Waals surface area contributed by atoms with Gasteiger partial charge in [0.15, 0.2) is 0 Å². The average Bonchev–Trinajstić information content (AvgIpc) is 2.75. The van der Waals surface area contributed by atoms with Crippen LogP contribution in [0.4, 0.5) is 16.2 Å². The lowest BCUT2D eigenvalue weighted by Crippen LogP contribution is -2.18. The Morgan fingerprint density at radius 3 is 2.22 bits per heavy atom. The summed E-state index contributed by atoms with van der Waals surface area (Å²) in [6.07, 6.45) is -0.669. The van der Waals surface area contributed by atoms with E-state index >= 15 is 0 Å². The second-order valence-electron chi connectivity index (χ2n) is 6.66. The lowest BCUT2D eigenvalue weighted by molar-refractivity contribution is -0.115. The van der Waals surface area contributed by atoms with E-state index in [4.69, 9.17) is 21.1 Å². The van der Waals surface area contributed by atoms with Gasteiger partial charge in [0.25, 0.3) is 5.91 Å². The highest BCUT2D eigenvalue weighted by Crippen LogP contribution is 2.23. The number of halogens is 1. The number of hydrogen-bond acceptors (Lipinski definition) is 5. The Morgan fingerprint density at radius 1 is 0.875 bits per heavy atom. The van der Waals surface area contributed by atoms with Gasteiger partial charge >= 0.3 is 6.16 Å². The average molecular weight is 453 g/mol. The first kappa shape index (κ1) is 22.8. The lowest BCUT2D eigenvalue weighted by atomic mass is 10.1. The summed E-state index contributed by atoms with van der Waals surface area (Å²) in [7, 11) is 0. The predicted molar refractivity (Wildman–Crippen MR) is 122 cm³/mol. The monoisotopic (exact) mass is 452 g/mol. The van der Waals surface area contributed by atoms with Crippen LogP contribution < -0.4 is 15.4 Å². The highest BCUT2D eigenvalue weighted by atomic mass is 35.5. The number of hydrogen-bond donors (Lipinski definition) is 2. The lowest BCUT2D eigenvalue weighted by Gasteiger charge is -2.13. The molecule has 0 aromatic heterocycles. The fourth-order valence-corrected chi connectivity index (χ4v) is 3.05. The molecule has 0 aliphatic rings. The van der Waals surface area contributed by atoms with Crippen molar-refractivity contribution in [3.8, 4) is 5.75 Å². The molecule has 0 aliphatic heterocycles. The van der Waals surface area contributed by atoms with E-state index in [2.05, 4.69) is 10.6 Å². The van der Waals surface area contributed by atoms with Crippen LogP contribution in [0.5, 0.6) is 5.75 Å². The number of benzene rings is 3. The number of nitrogens with one attached hydrogen (secondary N) is 2. The predicted octanol–water partition coefficient (Wildman–Crippen LogP) is 5.31. The molecule has 0 aliphatic carbocycles. The smallest absolute Gasteiger partial charge is 0.434 e. The SMILES string of the molecule is CCOC(=O)Oc1ccc(C(=O)Nc2ccccc2NC(=O)Cc2cccc(Cl)c2)cc1. The fourth-order valence-electron chi connectivity index (χ4n) is 2.84. The molecular formula is C24H21ClN2O5. The number of para-hydroxylation sites is 2. The van der Waals surface area contributed by atoms with Gasteiger partial charge in [-0.3, -0.25) is 9.59 Å². The molecule has 0 saturated carbocycles. The standard InChI is InChI=1S/C24H21ClN2O5/c1-2-31-24(30)32-19-12-10-17(11-13-19)23(29)27-21-9-4-3-8-20(21)26-22(28)15-16-6-5-7-18(25)14-16/h3-14H,2,15H2,1H3,(H,26,28)(H,27,29). The molecule has 3 aromatic rings. The van der Waals surface area contributed by atoms with Gasteiger partial charge in [0.1, 0.15) is 5.75 Å². The van der Waals surface area contributed by atoms with E-state index in [1.807, 2.05) is 6.07 Å². The van der Waals surface area contributed by atoms with Crippen LogP contribution in [0, 0.1) is 0 Å². The molecule has 2 amide bonds. The highest BCUT2D eigenvalue weighted by Gasteiger charge is 2.12. The third-order valence-electron chi connectivity index (χ3n) is 4.28. The van der Waals surface area contributed by atoms with E-state index in [9.17, 15) is 14.4 Å². The highest BCUT2D eigenvalue weighted by molar-refractivity contribution is 6.30. The number of ether oxygens (including phenoxy) is 2. The maximum absolute atomic E-state index is 12.6. The summed E-state index contributed by atoms with van der Waals surface area (Å²) in [6.45, 7) is 1.88. The van der Waals surface area contributed by atoms with Crippen LogP contribution in [-0.2, 0) is 16.0 Å². The third kappa shape index (κ3) is 6.58.